The van der Waals surface area contributed by atoms with Gasteiger partial charge in [0.1, 0.15) is 6.07 Å². The summed E-state index contributed by atoms with van der Waals surface area (Å²) in [5.74, 6) is -6.76. The largest absolute Gasteiger partial charge is 0.419 e. The highest BCUT2D eigenvalue weighted by Crippen LogP contribution is 2.64. The van der Waals surface area contributed by atoms with E-state index in [-0.39, 0.29) is 0 Å². The highest BCUT2D eigenvalue weighted by molar-refractivity contribution is 5.55. The van der Waals surface area contributed by atoms with Crippen LogP contribution in [-0.4, -0.2) is 40.9 Å². The summed E-state index contributed by atoms with van der Waals surface area (Å²) >= 11 is 0. The number of piperidine rings is 1. The Balaban J connectivity index is 2.02. The Morgan fingerprint density at radius 2 is 1.88 bits per heavy atom. The van der Waals surface area contributed by atoms with Gasteiger partial charge < -0.3 is 10.0 Å². The molecule has 1 aliphatic carbocycles. The maximum Gasteiger partial charge on any atom is 0.419 e. The minimum absolute atomic E-state index is 0.380. The average molecular weight is 387 g/mol. The third-order valence-electron chi connectivity index (χ3n) is 4.66. The van der Waals surface area contributed by atoms with Gasteiger partial charge in [-0.25, -0.2) is 13.8 Å². The number of aliphatic hydroxyl groups is 1. The molecule has 0 bridgehead atoms. The highest BCUT2D eigenvalue weighted by Gasteiger charge is 2.78. The zero-order valence-electron chi connectivity index (χ0n) is 12.5. The molecule has 1 unspecified atom stereocenters. The summed E-state index contributed by atoms with van der Waals surface area (Å²) in [5.41, 5.74) is -3.01. The van der Waals surface area contributed by atoms with Crippen LogP contribution >= 0.6 is 0 Å². The maximum absolute atomic E-state index is 13.6. The second kappa shape index (κ2) is 5.42. The van der Waals surface area contributed by atoms with E-state index in [4.69, 9.17) is 5.26 Å². The number of nitrogens with zero attached hydrogens (tertiary/aromatic N) is 3. The van der Waals surface area contributed by atoms with Crippen molar-refractivity contribution in [3.05, 3.63) is 23.5 Å². The van der Waals surface area contributed by atoms with Gasteiger partial charge in [0, 0.05) is 6.54 Å². The van der Waals surface area contributed by atoms with Crippen molar-refractivity contribution in [2.75, 3.05) is 11.4 Å². The molecule has 1 saturated heterocycles. The van der Waals surface area contributed by atoms with Gasteiger partial charge in [0.15, 0.2) is 11.8 Å². The summed E-state index contributed by atoms with van der Waals surface area (Å²) in [7, 11) is 0. The monoisotopic (exact) mass is 387 g/mol. The fraction of sp³-hybridized carbons (Fsp3) is 0.571. The number of rotatable bonds is 2. The fourth-order valence-corrected chi connectivity index (χ4v) is 3.40. The van der Waals surface area contributed by atoms with E-state index in [9.17, 15) is 40.2 Å². The number of halogens is 8. The first kappa shape index (κ1) is 18.6. The smallest absolute Gasteiger partial charge is 0.382 e. The molecule has 4 nitrogen and oxygen atoms in total. The molecule has 26 heavy (non-hydrogen) atoms. The predicted molar refractivity (Wildman–Crippen MR) is 69.1 cm³/mol. The molecule has 1 N–H and O–H groups in total. The van der Waals surface area contributed by atoms with Gasteiger partial charge in [0.2, 0.25) is 0 Å². The van der Waals surface area contributed by atoms with Gasteiger partial charge in [-0.15, -0.1) is 0 Å². The molecule has 1 aliphatic heterocycles. The van der Waals surface area contributed by atoms with Gasteiger partial charge in [0.25, 0.3) is 5.92 Å². The van der Waals surface area contributed by atoms with Crippen LogP contribution in [0.4, 0.5) is 40.8 Å². The van der Waals surface area contributed by atoms with Crippen molar-refractivity contribution in [2.24, 2.45) is 11.8 Å². The topological polar surface area (TPSA) is 60.2 Å². The third-order valence-corrected chi connectivity index (χ3v) is 4.66. The van der Waals surface area contributed by atoms with Gasteiger partial charge in [-0.3, -0.25) is 0 Å². The molecule has 3 rings (SSSR count). The Kier molecular flexibility index (Phi) is 3.88. The summed E-state index contributed by atoms with van der Waals surface area (Å²) in [6.07, 6.45) is -12.7. The van der Waals surface area contributed by atoms with Crippen LogP contribution < -0.4 is 4.90 Å². The first-order chi connectivity index (χ1) is 11.8. The molecule has 2 fully saturated rings. The summed E-state index contributed by atoms with van der Waals surface area (Å²) in [6, 6.07) is -0.558. The zero-order chi connectivity index (χ0) is 19.7. The highest BCUT2D eigenvalue weighted by atomic mass is 19.4. The van der Waals surface area contributed by atoms with Crippen LogP contribution in [0.25, 0.3) is 0 Å². The molecule has 4 atom stereocenters. The lowest BCUT2D eigenvalue weighted by molar-refractivity contribution is -0.212. The Labute approximate surface area is 140 Å². The summed E-state index contributed by atoms with van der Waals surface area (Å²) in [5, 5.41) is 18.2. The molecule has 0 radical (unpaired) electrons. The minimum atomic E-state index is -5.23. The number of aliphatic hydroxyl groups excluding tert-OH is 1. The fourth-order valence-electron chi connectivity index (χ4n) is 3.40. The number of aromatic nitrogens is 1. The molecular formula is C14H9F8N3O. The van der Waals surface area contributed by atoms with Crippen molar-refractivity contribution in [2.45, 2.75) is 30.4 Å². The first-order valence-electron chi connectivity index (χ1n) is 7.16. The van der Waals surface area contributed by atoms with Gasteiger partial charge in [-0.05, 0) is 6.07 Å². The van der Waals surface area contributed by atoms with Crippen molar-refractivity contribution in [3.63, 3.8) is 0 Å². The van der Waals surface area contributed by atoms with E-state index in [1.165, 1.54) is 6.07 Å². The van der Waals surface area contributed by atoms with Crippen LogP contribution in [0.15, 0.2) is 12.3 Å². The molecule has 2 heterocycles. The van der Waals surface area contributed by atoms with Crippen LogP contribution in [0.5, 0.6) is 0 Å². The van der Waals surface area contributed by atoms with Crippen LogP contribution in [0.2, 0.25) is 0 Å². The molecule has 1 aromatic heterocycles. The average Bonchev–Trinajstić information content (AvgIpc) is 2.89. The van der Waals surface area contributed by atoms with Crippen molar-refractivity contribution in [3.8, 4) is 6.07 Å². The third kappa shape index (κ3) is 2.74. The van der Waals surface area contributed by atoms with E-state index >= 15 is 0 Å². The van der Waals surface area contributed by atoms with E-state index in [2.05, 4.69) is 4.98 Å². The molecule has 0 aromatic carbocycles. The van der Waals surface area contributed by atoms with E-state index < -0.39 is 65.7 Å². The summed E-state index contributed by atoms with van der Waals surface area (Å²) in [6.45, 7) is -0.666. The van der Waals surface area contributed by atoms with E-state index in [1.54, 1.807) is 0 Å². The summed E-state index contributed by atoms with van der Waals surface area (Å²) < 4.78 is 105. The van der Waals surface area contributed by atoms with Gasteiger partial charge in [-0.2, -0.15) is 31.6 Å². The summed E-state index contributed by atoms with van der Waals surface area (Å²) in [4.78, 5) is 3.91. The lowest BCUT2D eigenvalue weighted by atomic mass is 10.0. The quantitative estimate of drug-likeness (QED) is 0.793. The lowest BCUT2D eigenvalue weighted by Gasteiger charge is -2.34. The van der Waals surface area contributed by atoms with Crippen molar-refractivity contribution in [1.29, 1.82) is 5.26 Å². The molecule has 0 amide bonds. The molecule has 2 aliphatic rings. The van der Waals surface area contributed by atoms with E-state index in [1.807, 2.05) is 0 Å². The van der Waals surface area contributed by atoms with E-state index in [0.717, 1.165) is 0 Å². The SMILES string of the molecule is N#Cc1ncc(N2C[C@H]3C([C@@H]2[C@H](O)C(F)(F)F)C3(F)F)cc1C(F)(F)F. The number of alkyl halides is 8. The normalized spacial score (nSPS) is 28.5. The minimum Gasteiger partial charge on any atom is -0.382 e. The van der Waals surface area contributed by atoms with Crippen LogP contribution in [0, 0.1) is 23.2 Å². The standard InChI is InChI=1S/C14H9F8N3O/c15-12(16)7-4-25(10(9(7)12)11(26)14(20,21)22)5-1-6(13(17,18)19)8(2-23)24-3-5/h1,3,7,9-11,26H,4H2/t7-,9?,10+,11-/m0/s1. The van der Waals surface area contributed by atoms with Gasteiger partial charge in [-0.1, -0.05) is 0 Å². The number of fused-ring (bicyclic) bond motifs is 1. The zero-order valence-corrected chi connectivity index (χ0v) is 12.5. The predicted octanol–water partition coefficient (Wildman–Crippen LogP) is 2.97. The Bertz CT molecular complexity index is 769. The Hall–Kier alpha value is -2.16. The maximum atomic E-state index is 13.6. The van der Waals surface area contributed by atoms with Crippen LogP contribution in [-0.2, 0) is 6.18 Å². The van der Waals surface area contributed by atoms with Crippen molar-refractivity contribution >= 4 is 5.69 Å². The Morgan fingerprint density at radius 3 is 2.38 bits per heavy atom. The van der Waals surface area contributed by atoms with E-state index in [0.29, 0.717) is 17.2 Å². The van der Waals surface area contributed by atoms with Gasteiger partial charge >= 0.3 is 12.4 Å². The molecule has 1 aromatic rings. The number of hydrogen-bond donors (Lipinski definition) is 1. The first-order valence-corrected chi connectivity index (χ1v) is 7.16. The van der Waals surface area contributed by atoms with Crippen LogP contribution in [0.3, 0.4) is 0 Å². The number of anilines is 1. The number of nitriles is 1. The van der Waals surface area contributed by atoms with Gasteiger partial charge in [0.05, 0.1) is 35.3 Å². The molecule has 12 heteroatoms. The number of pyridine rings is 1. The van der Waals surface area contributed by atoms with Crippen molar-refractivity contribution < 1.29 is 40.2 Å². The Morgan fingerprint density at radius 1 is 1.27 bits per heavy atom. The molecule has 142 valence electrons. The van der Waals surface area contributed by atoms with Crippen molar-refractivity contribution in [1.82, 2.24) is 4.98 Å². The molecule has 0 spiro atoms. The lowest BCUT2D eigenvalue weighted by Crippen LogP contribution is -2.51. The number of hydrogen-bond acceptors (Lipinski definition) is 4. The second-order valence-electron chi connectivity index (χ2n) is 6.14. The molecule has 1 saturated carbocycles. The second-order valence-corrected chi connectivity index (χ2v) is 6.14. The van der Waals surface area contributed by atoms with Crippen LogP contribution in [0.1, 0.15) is 11.3 Å². The molecular weight excluding hydrogens is 378 g/mol.